The molecule has 2 amide bonds. The Morgan fingerprint density at radius 3 is 2.31 bits per heavy atom. The number of amides is 2. The number of ether oxygens (including phenoxy) is 1. The van der Waals surface area contributed by atoms with Crippen LogP contribution in [0.15, 0.2) is 30.3 Å². The Morgan fingerprint density at radius 2 is 1.77 bits per heavy atom. The van der Waals surface area contributed by atoms with Crippen molar-refractivity contribution in [3.05, 3.63) is 35.9 Å². The number of hydrogen-bond acceptors (Lipinski definition) is 4. The molecule has 0 saturated heterocycles. The molecule has 3 N–H and O–H groups in total. The van der Waals surface area contributed by atoms with Gasteiger partial charge >= 0.3 is 12.1 Å². The quantitative estimate of drug-likeness (QED) is 0.592. The summed E-state index contributed by atoms with van der Waals surface area (Å²) in [6, 6.07) is 7.36. The average Bonchev–Trinajstić information content (AvgIpc) is 2.63. The van der Waals surface area contributed by atoms with Crippen LogP contribution in [0.2, 0.25) is 0 Å². The van der Waals surface area contributed by atoms with E-state index in [2.05, 4.69) is 10.6 Å². The molecule has 0 saturated carbocycles. The number of alkyl carbamates (subject to hydrolysis) is 1. The fourth-order valence-corrected chi connectivity index (χ4v) is 2.40. The summed E-state index contributed by atoms with van der Waals surface area (Å²) in [5.41, 5.74) is 0.835. The molecule has 0 radical (unpaired) electrons. The van der Waals surface area contributed by atoms with E-state index in [9.17, 15) is 19.5 Å². The van der Waals surface area contributed by atoms with Crippen LogP contribution in [0.5, 0.6) is 0 Å². The molecule has 7 heteroatoms. The standard InChI is InChI=1S/C19H28N2O5/c1-4-9-15(17(22)21-16(18(23)24)13(3)5-2)20-19(25)26-12-14-10-7-6-8-11-14/h6-8,10-11,13,15-16H,4-5,9,12H2,1-3H3,(H,20,25)(H,21,22)(H,23,24)/t13-,15-,16-/m0/s1. The summed E-state index contributed by atoms with van der Waals surface area (Å²) in [7, 11) is 0. The first-order valence-electron chi connectivity index (χ1n) is 8.89. The van der Waals surface area contributed by atoms with Crippen molar-refractivity contribution < 1.29 is 24.2 Å². The highest BCUT2D eigenvalue weighted by molar-refractivity contribution is 5.89. The van der Waals surface area contributed by atoms with Crippen LogP contribution < -0.4 is 10.6 Å². The molecule has 1 aromatic rings. The first-order chi connectivity index (χ1) is 12.4. The van der Waals surface area contributed by atoms with Crippen molar-refractivity contribution in [2.24, 2.45) is 5.92 Å². The fourth-order valence-electron chi connectivity index (χ4n) is 2.40. The van der Waals surface area contributed by atoms with Crippen LogP contribution in [0.1, 0.15) is 45.6 Å². The van der Waals surface area contributed by atoms with E-state index in [-0.39, 0.29) is 12.5 Å². The van der Waals surface area contributed by atoms with Crippen LogP contribution >= 0.6 is 0 Å². The summed E-state index contributed by atoms with van der Waals surface area (Å²) in [6.07, 6.45) is 0.942. The summed E-state index contributed by atoms with van der Waals surface area (Å²) >= 11 is 0. The van der Waals surface area contributed by atoms with Gasteiger partial charge in [0.15, 0.2) is 0 Å². The van der Waals surface area contributed by atoms with Gasteiger partial charge in [0.25, 0.3) is 0 Å². The molecule has 0 fully saturated rings. The van der Waals surface area contributed by atoms with E-state index in [1.54, 1.807) is 6.92 Å². The predicted molar refractivity (Wildman–Crippen MR) is 97.5 cm³/mol. The van der Waals surface area contributed by atoms with Gasteiger partial charge < -0.3 is 20.5 Å². The minimum Gasteiger partial charge on any atom is -0.480 e. The maximum Gasteiger partial charge on any atom is 0.408 e. The van der Waals surface area contributed by atoms with Crippen molar-refractivity contribution in [3.8, 4) is 0 Å². The molecule has 0 aliphatic carbocycles. The highest BCUT2D eigenvalue weighted by Gasteiger charge is 2.29. The Hall–Kier alpha value is -2.57. The fraction of sp³-hybridized carbons (Fsp3) is 0.526. The van der Waals surface area contributed by atoms with E-state index in [0.29, 0.717) is 19.3 Å². The highest BCUT2D eigenvalue weighted by atomic mass is 16.5. The number of carboxylic acids is 1. The van der Waals surface area contributed by atoms with Gasteiger partial charge in [0.05, 0.1) is 0 Å². The molecule has 0 aliphatic heterocycles. The van der Waals surface area contributed by atoms with E-state index < -0.39 is 30.1 Å². The second kappa shape index (κ2) is 11.1. The van der Waals surface area contributed by atoms with Gasteiger partial charge in [-0.05, 0) is 17.9 Å². The smallest absolute Gasteiger partial charge is 0.408 e. The molecule has 1 rings (SSSR count). The minimum atomic E-state index is -1.09. The maximum atomic E-state index is 12.4. The van der Waals surface area contributed by atoms with Gasteiger partial charge in [0, 0.05) is 0 Å². The molecule has 0 aromatic heterocycles. The van der Waals surface area contributed by atoms with Crippen LogP contribution in [-0.4, -0.2) is 35.2 Å². The third kappa shape index (κ3) is 7.13. The number of benzene rings is 1. The predicted octanol–water partition coefficient (Wildman–Crippen LogP) is 2.70. The molecule has 144 valence electrons. The monoisotopic (exact) mass is 364 g/mol. The lowest BCUT2D eigenvalue weighted by Gasteiger charge is -2.24. The first-order valence-corrected chi connectivity index (χ1v) is 8.89. The summed E-state index contributed by atoms with van der Waals surface area (Å²) in [5, 5.41) is 14.3. The molecule has 26 heavy (non-hydrogen) atoms. The maximum absolute atomic E-state index is 12.4. The van der Waals surface area contributed by atoms with E-state index in [1.807, 2.05) is 44.2 Å². The number of nitrogens with one attached hydrogen (secondary N) is 2. The molecule has 0 unspecified atom stereocenters. The third-order valence-electron chi connectivity index (χ3n) is 4.18. The lowest BCUT2D eigenvalue weighted by atomic mass is 9.98. The van der Waals surface area contributed by atoms with Crippen molar-refractivity contribution in [2.75, 3.05) is 0 Å². The Bertz CT molecular complexity index is 591. The first kappa shape index (κ1) is 21.5. The molecule has 7 nitrogen and oxygen atoms in total. The summed E-state index contributed by atoms with van der Waals surface area (Å²) in [4.78, 5) is 35.8. The molecule has 1 aromatic carbocycles. The Balaban J connectivity index is 2.63. The Morgan fingerprint density at radius 1 is 1.12 bits per heavy atom. The third-order valence-corrected chi connectivity index (χ3v) is 4.18. The van der Waals surface area contributed by atoms with Crippen LogP contribution in [0.25, 0.3) is 0 Å². The highest BCUT2D eigenvalue weighted by Crippen LogP contribution is 2.09. The average molecular weight is 364 g/mol. The number of carbonyl (C=O) groups is 3. The van der Waals surface area contributed by atoms with Gasteiger partial charge in [-0.1, -0.05) is 63.9 Å². The molecular formula is C19H28N2O5. The topological polar surface area (TPSA) is 105 Å². The largest absolute Gasteiger partial charge is 0.480 e. The van der Waals surface area contributed by atoms with Crippen molar-refractivity contribution in [1.29, 1.82) is 0 Å². The lowest BCUT2D eigenvalue weighted by molar-refractivity contribution is -0.143. The van der Waals surface area contributed by atoms with Crippen LogP contribution in [0.4, 0.5) is 4.79 Å². The Labute approximate surface area is 154 Å². The van der Waals surface area contributed by atoms with Gasteiger partial charge in [-0.2, -0.15) is 0 Å². The van der Waals surface area contributed by atoms with Crippen molar-refractivity contribution in [2.45, 2.75) is 58.7 Å². The molecule has 0 heterocycles. The van der Waals surface area contributed by atoms with Crippen LogP contribution in [-0.2, 0) is 20.9 Å². The van der Waals surface area contributed by atoms with Gasteiger partial charge in [-0.15, -0.1) is 0 Å². The van der Waals surface area contributed by atoms with Crippen molar-refractivity contribution in [3.63, 3.8) is 0 Å². The molecule has 0 aliphatic rings. The second-order valence-electron chi connectivity index (χ2n) is 6.26. The number of rotatable bonds is 10. The number of carbonyl (C=O) groups excluding carboxylic acids is 2. The number of aliphatic carboxylic acids is 1. The van der Waals surface area contributed by atoms with E-state index in [1.165, 1.54) is 0 Å². The molecule has 0 bridgehead atoms. The minimum absolute atomic E-state index is 0.0950. The van der Waals surface area contributed by atoms with Gasteiger partial charge in [0.1, 0.15) is 18.7 Å². The Kier molecular flexibility index (Phi) is 9.19. The molecular weight excluding hydrogens is 336 g/mol. The summed E-state index contributed by atoms with van der Waals surface area (Å²) in [6.45, 7) is 5.59. The van der Waals surface area contributed by atoms with Crippen LogP contribution in [0, 0.1) is 5.92 Å². The van der Waals surface area contributed by atoms with Crippen molar-refractivity contribution in [1.82, 2.24) is 10.6 Å². The summed E-state index contributed by atoms with van der Waals surface area (Å²) < 4.78 is 5.13. The molecule has 0 spiro atoms. The van der Waals surface area contributed by atoms with E-state index >= 15 is 0 Å². The van der Waals surface area contributed by atoms with E-state index in [0.717, 1.165) is 5.56 Å². The van der Waals surface area contributed by atoms with Gasteiger partial charge in [-0.3, -0.25) is 4.79 Å². The second-order valence-corrected chi connectivity index (χ2v) is 6.26. The zero-order valence-electron chi connectivity index (χ0n) is 15.5. The normalized spacial score (nSPS) is 14.0. The zero-order valence-corrected chi connectivity index (χ0v) is 15.5. The zero-order chi connectivity index (χ0) is 19.5. The van der Waals surface area contributed by atoms with Crippen LogP contribution in [0.3, 0.4) is 0 Å². The van der Waals surface area contributed by atoms with Gasteiger partial charge in [-0.25, -0.2) is 9.59 Å². The summed E-state index contributed by atoms with van der Waals surface area (Å²) in [5.74, 6) is -1.82. The van der Waals surface area contributed by atoms with Crippen molar-refractivity contribution >= 4 is 18.0 Å². The molecule has 3 atom stereocenters. The van der Waals surface area contributed by atoms with E-state index in [4.69, 9.17) is 4.74 Å². The van der Waals surface area contributed by atoms with Gasteiger partial charge in [0.2, 0.25) is 5.91 Å². The number of carboxylic acid groups (broad SMARTS) is 1. The lowest BCUT2D eigenvalue weighted by Crippen LogP contribution is -2.53. The SMILES string of the molecule is CCC[C@H](NC(=O)OCc1ccccc1)C(=O)N[C@H](C(=O)O)[C@@H](C)CC. The number of hydrogen-bond donors (Lipinski definition) is 3.